The Bertz CT molecular complexity index is 694. The first kappa shape index (κ1) is 16.1. The first-order valence-electron chi connectivity index (χ1n) is 7.82. The summed E-state index contributed by atoms with van der Waals surface area (Å²) in [5.41, 5.74) is 6.24. The zero-order valence-electron chi connectivity index (χ0n) is 14.0. The maximum atomic E-state index is 12.2. The fourth-order valence-electron chi connectivity index (χ4n) is 3.49. The molecule has 0 aliphatic carbocycles. The van der Waals surface area contributed by atoms with E-state index in [-0.39, 0.29) is 17.9 Å². The number of hydrogen-bond acceptors (Lipinski definition) is 5. The average molecular weight is 333 g/mol. The monoisotopic (exact) mass is 333 g/mol. The smallest absolute Gasteiger partial charge is 0.223 e. The molecule has 2 atom stereocenters. The molecule has 0 aromatic carbocycles. The number of aromatic nitrogens is 3. The molecular formula is C16H23N5OS. The van der Waals surface area contributed by atoms with Gasteiger partial charge in [-0.15, -0.1) is 11.3 Å². The van der Waals surface area contributed by atoms with Gasteiger partial charge in [0.05, 0.1) is 22.9 Å². The minimum atomic E-state index is 0.0964. The van der Waals surface area contributed by atoms with E-state index in [4.69, 9.17) is 0 Å². The third kappa shape index (κ3) is 3.03. The summed E-state index contributed by atoms with van der Waals surface area (Å²) in [7, 11) is 3.86. The highest BCUT2D eigenvalue weighted by molar-refractivity contribution is 7.07. The van der Waals surface area contributed by atoms with E-state index >= 15 is 0 Å². The van der Waals surface area contributed by atoms with Crippen LogP contribution in [0.5, 0.6) is 0 Å². The summed E-state index contributed by atoms with van der Waals surface area (Å²) < 4.78 is 1.90. The summed E-state index contributed by atoms with van der Waals surface area (Å²) in [6.45, 7) is 5.64. The number of rotatable bonds is 5. The van der Waals surface area contributed by atoms with Gasteiger partial charge in [0.1, 0.15) is 0 Å². The Morgan fingerprint density at radius 2 is 2.17 bits per heavy atom. The van der Waals surface area contributed by atoms with Crippen LogP contribution in [0.25, 0.3) is 0 Å². The standard InChI is InChI=1S/C16H23N5OS/c1-10-15(11(2)21(4)19-10)16-12(5-14(22)20(16)3)6-17-7-13-8-23-9-18-13/h8-9,12,16-17H,5-7H2,1-4H3/t12-,16+/m0/s1. The number of amides is 1. The molecular weight excluding hydrogens is 310 g/mol. The van der Waals surface area contributed by atoms with Crippen molar-refractivity contribution in [3.05, 3.63) is 33.5 Å². The Kier molecular flexibility index (Phi) is 4.50. The molecule has 124 valence electrons. The van der Waals surface area contributed by atoms with Crippen molar-refractivity contribution in [1.82, 2.24) is 25.0 Å². The lowest BCUT2D eigenvalue weighted by atomic mass is 9.92. The lowest BCUT2D eigenvalue weighted by molar-refractivity contribution is -0.127. The van der Waals surface area contributed by atoms with Gasteiger partial charge in [-0.1, -0.05) is 0 Å². The van der Waals surface area contributed by atoms with Crippen molar-refractivity contribution in [3.63, 3.8) is 0 Å². The highest BCUT2D eigenvalue weighted by Crippen LogP contribution is 2.39. The van der Waals surface area contributed by atoms with Crippen molar-refractivity contribution < 1.29 is 4.79 Å². The molecule has 0 radical (unpaired) electrons. The number of nitrogens with zero attached hydrogens (tertiary/aromatic N) is 4. The van der Waals surface area contributed by atoms with E-state index in [1.54, 1.807) is 11.3 Å². The number of carbonyl (C=O) groups is 1. The van der Waals surface area contributed by atoms with Crippen LogP contribution >= 0.6 is 11.3 Å². The van der Waals surface area contributed by atoms with Crippen LogP contribution in [-0.2, 0) is 18.4 Å². The van der Waals surface area contributed by atoms with Gasteiger partial charge >= 0.3 is 0 Å². The number of thiazole rings is 1. The topological polar surface area (TPSA) is 63.1 Å². The number of hydrogen-bond donors (Lipinski definition) is 1. The number of aryl methyl sites for hydroxylation is 2. The van der Waals surface area contributed by atoms with Crippen LogP contribution in [0.2, 0.25) is 0 Å². The van der Waals surface area contributed by atoms with Gasteiger partial charge in [-0.25, -0.2) is 4.98 Å². The van der Waals surface area contributed by atoms with E-state index < -0.39 is 0 Å². The molecule has 1 aliphatic rings. The molecule has 7 heteroatoms. The van der Waals surface area contributed by atoms with E-state index in [0.717, 1.165) is 30.2 Å². The lowest BCUT2D eigenvalue weighted by Gasteiger charge is -2.26. The third-order valence-electron chi connectivity index (χ3n) is 4.75. The molecule has 0 spiro atoms. The summed E-state index contributed by atoms with van der Waals surface area (Å²) in [5.74, 6) is 0.464. The van der Waals surface area contributed by atoms with Crippen LogP contribution in [0.4, 0.5) is 0 Å². The summed E-state index contributed by atoms with van der Waals surface area (Å²) >= 11 is 1.60. The van der Waals surface area contributed by atoms with E-state index in [2.05, 4.69) is 22.3 Å². The fourth-order valence-corrected chi connectivity index (χ4v) is 4.05. The zero-order valence-corrected chi connectivity index (χ0v) is 14.9. The quantitative estimate of drug-likeness (QED) is 0.906. The van der Waals surface area contributed by atoms with Crippen molar-refractivity contribution in [2.24, 2.45) is 13.0 Å². The molecule has 1 N–H and O–H groups in total. The van der Waals surface area contributed by atoms with E-state index in [0.29, 0.717) is 6.42 Å². The third-order valence-corrected chi connectivity index (χ3v) is 5.39. The number of nitrogens with one attached hydrogen (secondary N) is 1. The fraction of sp³-hybridized carbons (Fsp3) is 0.562. The summed E-state index contributed by atoms with van der Waals surface area (Å²) in [6, 6.07) is 0.0964. The highest BCUT2D eigenvalue weighted by Gasteiger charge is 2.40. The molecule has 1 amide bonds. The summed E-state index contributed by atoms with van der Waals surface area (Å²) in [4.78, 5) is 18.4. The van der Waals surface area contributed by atoms with Crippen molar-refractivity contribution in [2.75, 3.05) is 13.6 Å². The Morgan fingerprint density at radius 1 is 1.39 bits per heavy atom. The highest BCUT2D eigenvalue weighted by atomic mass is 32.1. The molecule has 1 aliphatic heterocycles. The van der Waals surface area contributed by atoms with Crippen molar-refractivity contribution >= 4 is 17.2 Å². The molecule has 3 heterocycles. The largest absolute Gasteiger partial charge is 0.338 e. The Morgan fingerprint density at radius 3 is 2.78 bits per heavy atom. The van der Waals surface area contributed by atoms with Crippen LogP contribution < -0.4 is 5.32 Å². The van der Waals surface area contributed by atoms with Gasteiger partial charge in [0, 0.05) is 56.2 Å². The molecule has 0 saturated carbocycles. The van der Waals surface area contributed by atoms with Crippen LogP contribution in [0.3, 0.4) is 0 Å². The molecule has 2 aromatic rings. The molecule has 2 aromatic heterocycles. The molecule has 3 rings (SSSR count). The molecule has 1 saturated heterocycles. The maximum Gasteiger partial charge on any atom is 0.223 e. The van der Waals surface area contributed by atoms with E-state index in [1.165, 1.54) is 5.56 Å². The van der Waals surface area contributed by atoms with Crippen LogP contribution in [-0.4, -0.2) is 39.2 Å². The number of carbonyl (C=O) groups excluding carboxylic acids is 1. The van der Waals surface area contributed by atoms with Gasteiger partial charge in [0.15, 0.2) is 0 Å². The van der Waals surface area contributed by atoms with Gasteiger partial charge in [-0.05, 0) is 13.8 Å². The van der Waals surface area contributed by atoms with Crippen LogP contribution in [0, 0.1) is 19.8 Å². The van der Waals surface area contributed by atoms with Crippen molar-refractivity contribution in [3.8, 4) is 0 Å². The predicted molar refractivity (Wildman–Crippen MR) is 90.1 cm³/mol. The van der Waals surface area contributed by atoms with Crippen LogP contribution in [0.1, 0.15) is 35.1 Å². The van der Waals surface area contributed by atoms with Gasteiger partial charge in [-0.2, -0.15) is 5.10 Å². The van der Waals surface area contributed by atoms with E-state index in [9.17, 15) is 4.79 Å². The van der Waals surface area contributed by atoms with Crippen LogP contribution in [0.15, 0.2) is 10.9 Å². The molecule has 0 unspecified atom stereocenters. The van der Waals surface area contributed by atoms with Gasteiger partial charge in [0.2, 0.25) is 5.91 Å². The second-order valence-corrected chi connectivity index (χ2v) is 6.95. The average Bonchev–Trinajstić information content (AvgIpc) is 3.16. The normalized spacial score (nSPS) is 21.4. The Balaban J connectivity index is 1.76. The molecule has 0 bridgehead atoms. The second-order valence-electron chi connectivity index (χ2n) is 6.23. The van der Waals surface area contributed by atoms with E-state index in [1.807, 2.05) is 41.5 Å². The molecule has 1 fully saturated rings. The minimum Gasteiger partial charge on any atom is -0.338 e. The summed E-state index contributed by atoms with van der Waals surface area (Å²) in [6.07, 6.45) is 0.582. The minimum absolute atomic E-state index is 0.0964. The first-order chi connectivity index (χ1) is 11.0. The SMILES string of the molecule is Cc1nn(C)c(C)c1[C@H]1[C@H](CNCc2cscn2)CC(=O)N1C. The van der Waals surface area contributed by atoms with Gasteiger partial charge < -0.3 is 10.2 Å². The lowest BCUT2D eigenvalue weighted by Crippen LogP contribution is -2.29. The zero-order chi connectivity index (χ0) is 16.6. The Hall–Kier alpha value is -1.73. The molecule has 6 nitrogen and oxygen atoms in total. The first-order valence-corrected chi connectivity index (χ1v) is 8.76. The number of likely N-dealkylation sites (tertiary alicyclic amines) is 1. The molecule has 23 heavy (non-hydrogen) atoms. The maximum absolute atomic E-state index is 12.2. The Labute approximate surface area is 140 Å². The van der Waals surface area contributed by atoms with Crippen molar-refractivity contribution in [2.45, 2.75) is 32.9 Å². The predicted octanol–water partition coefficient (Wildman–Crippen LogP) is 1.80. The van der Waals surface area contributed by atoms with Gasteiger partial charge in [-0.3, -0.25) is 9.48 Å². The summed E-state index contributed by atoms with van der Waals surface area (Å²) in [5, 5.41) is 10.0. The van der Waals surface area contributed by atoms with Gasteiger partial charge in [0.25, 0.3) is 0 Å². The second kappa shape index (κ2) is 6.41. The van der Waals surface area contributed by atoms with Crippen molar-refractivity contribution in [1.29, 1.82) is 0 Å².